The molecule has 1 fully saturated rings. The molecule has 7 nitrogen and oxygen atoms in total. The number of hydrogen-bond acceptors (Lipinski definition) is 7. The molecule has 0 amide bonds. The fraction of sp³-hybridized carbons (Fsp3) is 0.278. The molecule has 3 heterocycles. The van der Waals surface area contributed by atoms with E-state index in [1.807, 2.05) is 13.1 Å². The fourth-order valence-corrected chi connectivity index (χ4v) is 2.94. The minimum absolute atomic E-state index is 0.0564. The zero-order valence-corrected chi connectivity index (χ0v) is 14.3. The smallest absolute Gasteiger partial charge is 0.261 e. The zero-order valence-electron chi connectivity index (χ0n) is 14.3. The Labute approximate surface area is 150 Å². The number of hydrogen-bond donors (Lipinski definition) is 2. The molecule has 1 atom stereocenters. The Morgan fingerprint density at radius 3 is 3.00 bits per heavy atom. The molecule has 1 saturated heterocycles. The highest BCUT2D eigenvalue weighted by atomic mass is 19.1. The Morgan fingerprint density at radius 1 is 1.27 bits per heavy atom. The highest BCUT2D eigenvalue weighted by Gasteiger charge is 2.26. The van der Waals surface area contributed by atoms with Gasteiger partial charge in [0.15, 0.2) is 5.82 Å². The maximum absolute atomic E-state index is 13.9. The fourth-order valence-electron chi connectivity index (χ4n) is 2.94. The molecule has 134 valence electrons. The van der Waals surface area contributed by atoms with Gasteiger partial charge < -0.3 is 15.2 Å². The number of aromatic nitrogens is 3. The van der Waals surface area contributed by atoms with Gasteiger partial charge in [0, 0.05) is 25.8 Å². The lowest BCUT2D eigenvalue weighted by Gasteiger charge is -2.30. The molecule has 0 saturated carbocycles. The summed E-state index contributed by atoms with van der Waals surface area (Å²) in [5.41, 5.74) is 0.962. The van der Waals surface area contributed by atoms with Gasteiger partial charge in [0.1, 0.15) is 11.6 Å². The van der Waals surface area contributed by atoms with Crippen molar-refractivity contribution in [2.45, 2.75) is 6.04 Å². The monoisotopic (exact) mass is 354 g/mol. The van der Waals surface area contributed by atoms with Crippen LogP contribution in [0.4, 0.5) is 15.9 Å². The van der Waals surface area contributed by atoms with Gasteiger partial charge in [-0.15, -0.1) is 0 Å². The lowest BCUT2D eigenvalue weighted by atomic mass is 10.2. The average Bonchev–Trinajstić information content (AvgIpc) is 3.14. The van der Waals surface area contributed by atoms with Gasteiger partial charge in [-0.25, -0.2) is 9.37 Å². The molecule has 0 aliphatic carbocycles. The van der Waals surface area contributed by atoms with Crippen molar-refractivity contribution in [2.24, 2.45) is 0 Å². The van der Waals surface area contributed by atoms with Crippen LogP contribution in [-0.2, 0) is 0 Å². The number of anilines is 2. The number of nitrogens with one attached hydrogen (secondary N) is 2. The lowest BCUT2D eigenvalue weighted by Crippen LogP contribution is -2.44. The first-order valence-corrected chi connectivity index (χ1v) is 8.44. The molecule has 4 rings (SSSR count). The number of piperazine rings is 1. The number of halogens is 1. The largest absolute Gasteiger partial charge is 0.337 e. The summed E-state index contributed by atoms with van der Waals surface area (Å²) in [7, 11) is 2.04. The standard InChI is InChI=1S/C18H19FN6O/c1-25-10-9-20-11-15(25)17-23-18(26-24-17)12-5-4-8-21-16(12)22-14-7-3-2-6-13(14)19/h2-8,15,20H,9-11H2,1H3,(H,21,22). The van der Waals surface area contributed by atoms with E-state index < -0.39 is 0 Å². The number of pyridine rings is 1. The average molecular weight is 354 g/mol. The third-order valence-corrected chi connectivity index (χ3v) is 4.42. The number of para-hydroxylation sites is 1. The number of nitrogens with zero attached hydrogens (tertiary/aromatic N) is 4. The maximum atomic E-state index is 13.9. The van der Waals surface area contributed by atoms with Crippen LogP contribution in [0.1, 0.15) is 11.9 Å². The highest BCUT2D eigenvalue weighted by Crippen LogP contribution is 2.29. The van der Waals surface area contributed by atoms with Crippen molar-refractivity contribution >= 4 is 11.5 Å². The molecule has 0 bridgehead atoms. The molecule has 2 N–H and O–H groups in total. The van der Waals surface area contributed by atoms with Gasteiger partial charge in [0.25, 0.3) is 5.89 Å². The number of benzene rings is 1. The molecule has 1 unspecified atom stereocenters. The minimum atomic E-state index is -0.356. The SMILES string of the molecule is CN1CCNCC1c1noc(-c2cccnc2Nc2ccccc2F)n1. The third kappa shape index (κ3) is 3.29. The summed E-state index contributed by atoms with van der Waals surface area (Å²) in [6.45, 7) is 2.63. The second-order valence-corrected chi connectivity index (χ2v) is 6.16. The quantitative estimate of drug-likeness (QED) is 0.745. The topological polar surface area (TPSA) is 79.1 Å². The van der Waals surface area contributed by atoms with Crippen LogP contribution < -0.4 is 10.6 Å². The molecule has 0 radical (unpaired) electrons. The van der Waals surface area contributed by atoms with Crippen LogP contribution in [-0.4, -0.2) is 46.7 Å². The van der Waals surface area contributed by atoms with Crippen molar-refractivity contribution in [1.29, 1.82) is 0 Å². The van der Waals surface area contributed by atoms with Crippen LogP contribution in [0.15, 0.2) is 47.1 Å². The van der Waals surface area contributed by atoms with Crippen LogP contribution >= 0.6 is 0 Å². The van der Waals surface area contributed by atoms with Gasteiger partial charge in [-0.05, 0) is 31.3 Å². The Kier molecular flexibility index (Phi) is 4.59. The molecule has 0 spiro atoms. The molecular formula is C18H19FN6O. The van der Waals surface area contributed by atoms with E-state index in [2.05, 4.69) is 30.7 Å². The predicted molar refractivity (Wildman–Crippen MR) is 95.5 cm³/mol. The van der Waals surface area contributed by atoms with Crippen molar-refractivity contribution < 1.29 is 8.91 Å². The second kappa shape index (κ2) is 7.19. The van der Waals surface area contributed by atoms with Gasteiger partial charge in [0.05, 0.1) is 17.3 Å². The zero-order chi connectivity index (χ0) is 17.9. The second-order valence-electron chi connectivity index (χ2n) is 6.16. The van der Waals surface area contributed by atoms with Crippen LogP contribution in [0.5, 0.6) is 0 Å². The Balaban J connectivity index is 1.64. The summed E-state index contributed by atoms with van der Waals surface area (Å²) >= 11 is 0. The van der Waals surface area contributed by atoms with Crippen molar-refractivity contribution in [3.63, 3.8) is 0 Å². The molecule has 2 aromatic heterocycles. The summed E-state index contributed by atoms with van der Waals surface area (Å²) in [5.74, 6) is 1.08. The van der Waals surface area contributed by atoms with E-state index in [-0.39, 0.29) is 11.9 Å². The minimum Gasteiger partial charge on any atom is -0.337 e. The molecule has 1 aliphatic rings. The molecular weight excluding hydrogens is 335 g/mol. The van der Waals surface area contributed by atoms with Gasteiger partial charge in [-0.2, -0.15) is 4.98 Å². The van der Waals surface area contributed by atoms with Crippen molar-refractivity contribution in [2.75, 3.05) is 32.0 Å². The number of likely N-dealkylation sites (N-methyl/N-ethyl adjacent to an activating group) is 1. The first kappa shape index (κ1) is 16.6. The van der Waals surface area contributed by atoms with Gasteiger partial charge in [-0.3, -0.25) is 4.90 Å². The molecule has 3 aromatic rings. The van der Waals surface area contributed by atoms with E-state index in [0.717, 1.165) is 19.6 Å². The summed E-state index contributed by atoms with van der Waals surface area (Å²) in [4.78, 5) is 11.0. The van der Waals surface area contributed by atoms with Crippen LogP contribution in [0.2, 0.25) is 0 Å². The normalized spacial score (nSPS) is 18.0. The van der Waals surface area contributed by atoms with Crippen LogP contribution in [0.3, 0.4) is 0 Å². The maximum Gasteiger partial charge on any atom is 0.261 e. The number of rotatable bonds is 4. The van der Waals surface area contributed by atoms with Crippen molar-refractivity contribution in [3.8, 4) is 11.5 Å². The summed E-state index contributed by atoms with van der Waals surface area (Å²) < 4.78 is 19.4. The van der Waals surface area contributed by atoms with Gasteiger partial charge in [-0.1, -0.05) is 17.3 Å². The predicted octanol–water partition coefficient (Wildman–Crippen LogP) is 2.59. The summed E-state index contributed by atoms with van der Waals surface area (Å²) in [6.07, 6.45) is 1.63. The highest BCUT2D eigenvalue weighted by molar-refractivity contribution is 5.73. The lowest BCUT2D eigenvalue weighted by molar-refractivity contribution is 0.190. The van der Waals surface area contributed by atoms with E-state index in [0.29, 0.717) is 28.8 Å². The van der Waals surface area contributed by atoms with Crippen LogP contribution in [0, 0.1) is 5.82 Å². The third-order valence-electron chi connectivity index (χ3n) is 4.42. The van der Waals surface area contributed by atoms with Crippen molar-refractivity contribution in [3.05, 3.63) is 54.2 Å². The van der Waals surface area contributed by atoms with E-state index in [1.165, 1.54) is 6.07 Å². The van der Waals surface area contributed by atoms with Gasteiger partial charge >= 0.3 is 0 Å². The van der Waals surface area contributed by atoms with E-state index in [1.54, 1.807) is 30.5 Å². The Bertz CT molecular complexity index is 899. The molecule has 1 aromatic carbocycles. The molecule has 8 heteroatoms. The first-order valence-electron chi connectivity index (χ1n) is 8.44. The van der Waals surface area contributed by atoms with Gasteiger partial charge in [0.2, 0.25) is 0 Å². The van der Waals surface area contributed by atoms with Crippen molar-refractivity contribution in [1.82, 2.24) is 25.3 Å². The van der Waals surface area contributed by atoms with E-state index >= 15 is 0 Å². The van der Waals surface area contributed by atoms with Crippen LogP contribution in [0.25, 0.3) is 11.5 Å². The first-order chi connectivity index (χ1) is 12.7. The molecule has 1 aliphatic heterocycles. The Morgan fingerprint density at radius 2 is 2.15 bits per heavy atom. The Hall–Kier alpha value is -2.84. The summed E-state index contributed by atoms with van der Waals surface area (Å²) in [5, 5.41) is 10.5. The summed E-state index contributed by atoms with van der Waals surface area (Å²) in [6, 6.07) is 10.1. The van der Waals surface area contributed by atoms with E-state index in [4.69, 9.17) is 4.52 Å². The van der Waals surface area contributed by atoms with E-state index in [9.17, 15) is 4.39 Å². The molecule has 26 heavy (non-hydrogen) atoms.